The highest BCUT2D eigenvalue weighted by molar-refractivity contribution is 5.80. The minimum absolute atomic E-state index is 0.0463. The minimum atomic E-state index is -0.881. The molecule has 1 N–H and O–H groups in total. The van der Waals surface area contributed by atoms with Crippen LogP contribution in [-0.4, -0.2) is 43.3 Å². The molecule has 1 aromatic rings. The van der Waals surface area contributed by atoms with Gasteiger partial charge in [0.25, 0.3) is 0 Å². The van der Waals surface area contributed by atoms with Crippen LogP contribution in [0.15, 0.2) is 24.3 Å². The maximum atomic E-state index is 12.6. The summed E-state index contributed by atoms with van der Waals surface area (Å²) < 4.78 is 21.9. The minimum Gasteiger partial charge on any atom is -0.491 e. The van der Waals surface area contributed by atoms with Crippen molar-refractivity contribution in [2.45, 2.75) is 66.8 Å². The van der Waals surface area contributed by atoms with Crippen molar-refractivity contribution in [3.63, 3.8) is 0 Å². The van der Waals surface area contributed by atoms with E-state index in [9.17, 15) is 9.90 Å². The van der Waals surface area contributed by atoms with E-state index in [-0.39, 0.29) is 30.9 Å². The van der Waals surface area contributed by atoms with Crippen molar-refractivity contribution < 1.29 is 28.8 Å². The molecule has 0 heterocycles. The summed E-state index contributed by atoms with van der Waals surface area (Å²) in [6.45, 7) is 12.8. The second-order valence-electron chi connectivity index (χ2n) is 9.17. The highest BCUT2D eigenvalue weighted by Gasteiger charge is 2.59. The van der Waals surface area contributed by atoms with E-state index >= 15 is 0 Å². The first kappa shape index (κ1) is 23.5. The Balaban J connectivity index is 1.74. The molecule has 29 heavy (non-hydrogen) atoms. The molecule has 0 amide bonds. The van der Waals surface area contributed by atoms with Gasteiger partial charge in [0.05, 0.1) is 5.41 Å². The molecule has 1 aromatic carbocycles. The van der Waals surface area contributed by atoms with E-state index in [1.807, 2.05) is 13.8 Å². The molecule has 1 aliphatic carbocycles. The van der Waals surface area contributed by atoms with Gasteiger partial charge in [-0.1, -0.05) is 27.7 Å². The van der Waals surface area contributed by atoms with E-state index in [0.717, 1.165) is 12.8 Å². The molecule has 0 saturated heterocycles. The van der Waals surface area contributed by atoms with Gasteiger partial charge in [-0.25, -0.2) is 0 Å². The van der Waals surface area contributed by atoms with Crippen molar-refractivity contribution in [1.29, 1.82) is 0 Å². The summed E-state index contributed by atoms with van der Waals surface area (Å²) in [5, 5.41) is 10.1. The Morgan fingerprint density at radius 3 is 2.31 bits per heavy atom. The molecule has 4 unspecified atom stereocenters. The Morgan fingerprint density at radius 1 is 1.21 bits per heavy atom. The van der Waals surface area contributed by atoms with Crippen LogP contribution in [0.4, 0.5) is 0 Å². The van der Waals surface area contributed by atoms with Crippen molar-refractivity contribution in [2.75, 3.05) is 19.8 Å². The smallest absolute Gasteiger partial charge is 0.312 e. The molecule has 0 bridgehead atoms. The largest absolute Gasteiger partial charge is 0.491 e. The molecule has 0 aliphatic heterocycles. The zero-order valence-corrected chi connectivity index (χ0v) is 18.6. The maximum absolute atomic E-state index is 12.6. The second kappa shape index (κ2) is 9.81. The standard InChI is InChI=1S/C23H36O6/c1-7-26-17(3)29-20-10-8-19(9-11-20)27-13-18(24)14-28-21(25)23(12-16(23)2)15-22(4,5)6/h8-11,16-18,24H,7,12-15H2,1-6H3. The van der Waals surface area contributed by atoms with Gasteiger partial charge in [-0.05, 0) is 62.3 Å². The number of aliphatic hydroxyl groups is 1. The highest BCUT2D eigenvalue weighted by Crippen LogP contribution is 2.59. The second-order valence-corrected chi connectivity index (χ2v) is 9.17. The molecular formula is C23H36O6. The van der Waals surface area contributed by atoms with E-state index < -0.39 is 11.5 Å². The summed E-state index contributed by atoms with van der Waals surface area (Å²) >= 11 is 0. The predicted molar refractivity (Wildman–Crippen MR) is 111 cm³/mol. The molecular weight excluding hydrogens is 372 g/mol. The molecule has 0 radical (unpaired) electrons. The third kappa shape index (κ3) is 7.19. The van der Waals surface area contributed by atoms with Gasteiger partial charge in [-0.3, -0.25) is 4.79 Å². The predicted octanol–water partition coefficient (Wildman–Crippen LogP) is 4.19. The van der Waals surface area contributed by atoms with Crippen LogP contribution in [0.1, 0.15) is 54.4 Å². The fraction of sp³-hybridized carbons (Fsp3) is 0.696. The fourth-order valence-electron chi connectivity index (χ4n) is 3.67. The maximum Gasteiger partial charge on any atom is 0.312 e. The number of carbonyl (C=O) groups is 1. The first-order chi connectivity index (χ1) is 13.6. The van der Waals surface area contributed by atoms with Gasteiger partial charge < -0.3 is 24.1 Å². The quantitative estimate of drug-likeness (QED) is 0.437. The molecule has 1 aliphatic rings. The van der Waals surface area contributed by atoms with E-state index in [2.05, 4.69) is 27.7 Å². The normalized spacial score (nSPS) is 23.2. The van der Waals surface area contributed by atoms with Crippen molar-refractivity contribution >= 4 is 5.97 Å². The molecule has 164 valence electrons. The first-order valence-electron chi connectivity index (χ1n) is 10.4. The summed E-state index contributed by atoms with van der Waals surface area (Å²) in [5.74, 6) is 1.40. The average Bonchev–Trinajstić information content (AvgIpc) is 3.27. The summed E-state index contributed by atoms with van der Waals surface area (Å²) in [6, 6.07) is 7.08. The topological polar surface area (TPSA) is 74.2 Å². The summed E-state index contributed by atoms with van der Waals surface area (Å²) in [7, 11) is 0. The molecule has 4 atom stereocenters. The molecule has 1 fully saturated rings. The monoisotopic (exact) mass is 408 g/mol. The van der Waals surface area contributed by atoms with Crippen LogP contribution in [0.5, 0.6) is 11.5 Å². The van der Waals surface area contributed by atoms with Crippen LogP contribution in [0.3, 0.4) is 0 Å². The van der Waals surface area contributed by atoms with Crippen molar-refractivity contribution in [2.24, 2.45) is 16.7 Å². The van der Waals surface area contributed by atoms with Crippen molar-refractivity contribution in [1.82, 2.24) is 0 Å². The Morgan fingerprint density at radius 2 is 1.79 bits per heavy atom. The number of benzene rings is 1. The van der Waals surface area contributed by atoms with E-state index in [0.29, 0.717) is 24.0 Å². The zero-order chi connectivity index (χ0) is 21.7. The van der Waals surface area contributed by atoms with E-state index in [4.69, 9.17) is 18.9 Å². The Bertz CT molecular complexity index is 650. The molecule has 1 saturated carbocycles. The van der Waals surface area contributed by atoms with Crippen LogP contribution in [-0.2, 0) is 14.3 Å². The number of esters is 1. The average molecular weight is 409 g/mol. The SMILES string of the molecule is CCOC(C)Oc1ccc(OCC(O)COC(=O)C2(CC(C)(C)C)CC2C)cc1. The zero-order valence-electron chi connectivity index (χ0n) is 18.6. The van der Waals surface area contributed by atoms with Gasteiger partial charge in [0, 0.05) is 6.61 Å². The van der Waals surface area contributed by atoms with E-state index in [1.165, 1.54) is 0 Å². The van der Waals surface area contributed by atoms with Crippen molar-refractivity contribution in [3.8, 4) is 11.5 Å². The highest BCUT2D eigenvalue weighted by atomic mass is 16.7. The van der Waals surface area contributed by atoms with E-state index in [1.54, 1.807) is 24.3 Å². The summed E-state index contributed by atoms with van der Waals surface area (Å²) in [6.07, 6.45) is 0.447. The number of ether oxygens (including phenoxy) is 4. The Hall–Kier alpha value is -1.79. The molecule has 0 spiro atoms. The van der Waals surface area contributed by atoms with Gasteiger partial charge in [-0.2, -0.15) is 0 Å². The van der Waals surface area contributed by atoms with Crippen LogP contribution < -0.4 is 9.47 Å². The lowest BCUT2D eigenvalue weighted by molar-refractivity contribution is -0.155. The Kier molecular flexibility index (Phi) is 7.94. The van der Waals surface area contributed by atoms with Crippen LogP contribution in [0.2, 0.25) is 0 Å². The third-order valence-corrected chi connectivity index (χ3v) is 5.08. The van der Waals surface area contributed by atoms with Crippen LogP contribution in [0, 0.1) is 16.7 Å². The summed E-state index contributed by atoms with van der Waals surface area (Å²) in [5.41, 5.74) is -0.338. The van der Waals surface area contributed by atoms with Gasteiger partial charge in [0.1, 0.15) is 30.8 Å². The number of aliphatic hydroxyl groups excluding tert-OH is 1. The molecule has 0 aromatic heterocycles. The summed E-state index contributed by atoms with van der Waals surface area (Å²) in [4.78, 5) is 12.6. The van der Waals surface area contributed by atoms with Gasteiger partial charge in [0.2, 0.25) is 0 Å². The lowest BCUT2D eigenvalue weighted by Gasteiger charge is -2.25. The lowest BCUT2D eigenvalue weighted by Crippen LogP contribution is -2.31. The molecule has 6 heteroatoms. The number of hydrogen-bond acceptors (Lipinski definition) is 6. The third-order valence-electron chi connectivity index (χ3n) is 5.08. The molecule has 6 nitrogen and oxygen atoms in total. The number of hydrogen-bond donors (Lipinski definition) is 1. The van der Waals surface area contributed by atoms with Gasteiger partial charge in [-0.15, -0.1) is 0 Å². The van der Waals surface area contributed by atoms with Crippen molar-refractivity contribution in [3.05, 3.63) is 24.3 Å². The number of rotatable bonds is 11. The first-order valence-corrected chi connectivity index (χ1v) is 10.4. The Labute approximate surface area is 174 Å². The fourth-order valence-corrected chi connectivity index (χ4v) is 3.67. The lowest BCUT2D eigenvalue weighted by atomic mass is 9.81. The van der Waals surface area contributed by atoms with Crippen LogP contribution >= 0.6 is 0 Å². The number of carbonyl (C=O) groups excluding carboxylic acids is 1. The van der Waals surface area contributed by atoms with Crippen LogP contribution in [0.25, 0.3) is 0 Å². The van der Waals surface area contributed by atoms with Gasteiger partial charge >= 0.3 is 5.97 Å². The molecule has 2 rings (SSSR count). The van der Waals surface area contributed by atoms with Gasteiger partial charge in [0.15, 0.2) is 6.29 Å².